The second kappa shape index (κ2) is 9.52. The highest BCUT2D eigenvalue weighted by molar-refractivity contribution is 6.30. The van der Waals surface area contributed by atoms with Gasteiger partial charge in [-0.05, 0) is 65.4 Å². The van der Waals surface area contributed by atoms with Crippen molar-refractivity contribution in [2.45, 2.75) is 13.5 Å². The molecule has 9 heteroatoms. The highest BCUT2D eigenvalue weighted by Gasteiger charge is 2.19. The number of hydrogen-bond acceptors (Lipinski definition) is 5. The smallest absolute Gasteiger partial charge is 0.253 e. The third-order valence-corrected chi connectivity index (χ3v) is 5.97. The number of nitrogens with zero attached hydrogens (tertiary/aromatic N) is 7. The molecule has 2 heterocycles. The molecule has 0 unspecified atom stereocenters. The van der Waals surface area contributed by atoms with E-state index >= 15 is 0 Å². The minimum atomic E-state index is -0.0918. The van der Waals surface area contributed by atoms with Crippen LogP contribution in [0.25, 0.3) is 22.6 Å². The van der Waals surface area contributed by atoms with E-state index in [9.17, 15) is 4.79 Å². The van der Waals surface area contributed by atoms with Crippen LogP contribution >= 0.6 is 11.6 Å². The van der Waals surface area contributed by atoms with Gasteiger partial charge in [0.15, 0.2) is 0 Å². The van der Waals surface area contributed by atoms with Gasteiger partial charge in [-0.3, -0.25) is 4.79 Å². The first-order valence-corrected chi connectivity index (χ1v) is 11.4. The summed E-state index contributed by atoms with van der Waals surface area (Å²) in [4.78, 5) is 15.0. The van der Waals surface area contributed by atoms with Crippen molar-refractivity contribution in [2.75, 3.05) is 7.05 Å². The fourth-order valence-electron chi connectivity index (χ4n) is 3.95. The van der Waals surface area contributed by atoms with Gasteiger partial charge >= 0.3 is 0 Å². The Morgan fingerprint density at radius 2 is 1.77 bits per heavy atom. The van der Waals surface area contributed by atoms with Gasteiger partial charge in [0.1, 0.15) is 6.33 Å². The number of halogens is 1. The molecule has 35 heavy (non-hydrogen) atoms. The molecule has 0 atom stereocenters. The molecule has 0 aliphatic heterocycles. The van der Waals surface area contributed by atoms with Crippen molar-refractivity contribution in [1.82, 2.24) is 34.9 Å². The van der Waals surface area contributed by atoms with Crippen molar-refractivity contribution in [3.8, 4) is 22.6 Å². The van der Waals surface area contributed by atoms with Crippen molar-refractivity contribution >= 4 is 17.5 Å². The first-order chi connectivity index (χ1) is 17.0. The monoisotopic (exact) mass is 483 g/mol. The van der Waals surface area contributed by atoms with Crippen LogP contribution in [0.1, 0.15) is 21.5 Å². The van der Waals surface area contributed by atoms with Crippen LogP contribution in [0.4, 0.5) is 0 Å². The van der Waals surface area contributed by atoms with Crippen LogP contribution in [0.5, 0.6) is 0 Å². The van der Waals surface area contributed by atoms with E-state index in [1.165, 1.54) is 6.33 Å². The van der Waals surface area contributed by atoms with Crippen molar-refractivity contribution < 1.29 is 4.79 Å². The number of aromatic nitrogens is 6. The molecule has 0 bridgehead atoms. The highest BCUT2D eigenvalue weighted by Crippen LogP contribution is 2.27. The van der Waals surface area contributed by atoms with Crippen molar-refractivity contribution in [1.29, 1.82) is 0 Å². The van der Waals surface area contributed by atoms with Crippen molar-refractivity contribution in [3.05, 3.63) is 107 Å². The summed E-state index contributed by atoms with van der Waals surface area (Å²) in [5.74, 6) is -0.0918. The van der Waals surface area contributed by atoms with Gasteiger partial charge in [0.2, 0.25) is 0 Å². The summed E-state index contributed by atoms with van der Waals surface area (Å²) in [6.45, 7) is 2.31. The van der Waals surface area contributed by atoms with E-state index in [0.717, 1.165) is 33.8 Å². The molecule has 0 aliphatic carbocycles. The molecular formula is C26H22ClN7O. The Hall–Kier alpha value is -4.30. The maximum atomic E-state index is 13.3. The van der Waals surface area contributed by atoms with E-state index in [1.807, 2.05) is 84.5 Å². The summed E-state index contributed by atoms with van der Waals surface area (Å²) >= 11 is 6.10. The molecule has 0 spiro atoms. The Morgan fingerprint density at radius 1 is 1.00 bits per heavy atom. The molecule has 5 rings (SSSR count). The molecule has 8 nitrogen and oxygen atoms in total. The van der Waals surface area contributed by atoms with Gasteiger partial charge in [0.05, 0.1) is 17.1 Å². The van der Waals surface area contributed by atoms with Crippen molar-refractivity contribution in [3.63, 3.8) is 0 Å². The largest absolute Gasteiger partial charge is 0.337 e. The van der Waals surface area contributed by atoms with E-state index in [4.69, 9.17) is 16.7 Å². The molecule has 5 aromatic rings. The lowest BCUT2D eigenvalue weighted by molar-refractivity contribution is 0.0785. The van der Waals surface area contributed by atoms with Gasteiger partial charge in [-0.15, -0.1) is 5.10 Å². The Bertz CT molecular complexity index is 1460. The summed E-state index contributed by atoms with van der Waals surface area (Å²) in [7, 11) is 1.79. The lowest BCUT2D eigenvalue weighted by Crippen LogP contribution is -2.26. The third kappa shape index (κ3) is 4.69. The van der Waals surface area contributed by atoms with Crippen LogP contribution in [-0.4, -0.2) is 47.8 Å². The lowest BCUT2D eigenvalue weighted by atomic mass is 10.1. The van der Waals surface area contributed by atoms with E-state index in [0.29, 0.717) is 17.1 Å². The van der Waals surface area contributed by atoms with E-state index in [-0.39, 0.29) is 5.91 Å². The quantitative estimate of drug-likeness (QED) is 0.348. The fourth-order valence-corrected chi connectivity index (χ4v) is 4.08. The maximum Gasteiger partial charge on any atom is 0.253 e. The van der Waals surface area contributed by atoms with Gasteiger partial charge in [-0.2, -0.15) is 5.10 Å². The normalized spacial score (nSPS) is 10.9. The van der Waals surface area contributed by atoms with Crippen LogP contribution in [0.3, 0.4) is 0 Å². The van der Waals surface area contributed by atoms with E-state index in [1.54, 1.807) is 22.7 Å². The second-order valence-electron chi connectivity index (χ2n) is 8.21. The van der Waals surface area contributed by atoms with Gasteiger partial charge in [0.25, 0.3) is 5.91 Å². The zero-order chi connectivity index (χ0) is 24.4. The van der Waals surface area contributed by atoms with Gasteiger partial charge in [-0.1, -0.05) is 41.9 Å². The zero-order valence-corrected chi connectivity index (χ0v) is 20.0. The lowest BCUT2D eigenvalue weighted by Gasteiger charge is -2.18. The molecule has 2 aromatic heterocycles. The molecule has 0 saturated heterocycles. The number of aryl methyl sites for hydroxylation is 1. The van der Waals surface area contributed by atoms with Crippen LogP contribution in [0.2, 0.25) is 5.02 Å². The molecule has 0 saturated carbocycles. The topological polar surface area (TPSA) is 81.7 Å². The third-order valence-electron chi connectivity index (χ3n) is 5.72. The number of amides is 1. The summed E-state index contributed by atoms with van der Waals surface area (Å²) in [5, 5.41) is 16.8. The summed E-state index contributed by atoms with van der Waals surface area (Å²) in [6.07, 6.45) is 3.49. The summed E-state index contributed by atoms with van der Waals surface area (Å²) in [6, 6.07) is 22.9. The predicted octanol–water partition coefficient (Wildman–Crippen LogP) is 4.75. The number of rotatable bonds is 6. The predicted molar refractivity (Wildman–Crippen MR) is 134 cm³/mol. The van der Waals surface area contributed by atoms with E-state index in [2.05, 4.69) is 15.5 Å². The number of carbonyl (C=O) groups excluding carboxylic acids is 1. The average molecular weight is 484 g/mol. The standard InChI is InChI=1S/C26H22ClN7O/c1-18-14-20(10-13-24(18)34-17-28-30-31-34)26(35)32(2)15-21-16-33(23-6-4-3-5-7-23)29-25(21)19-8-11-22(27)12-9-19/h3-14,16-17H,15H2,1-2H3. The number of tetrazole rings is 1. The first-order valence-electron chi connectivity index (χ1n) is 11.0. The molecule has 0 N–H and O–H groups in total. The first kappa shape index (κ1) is 22.5. The molecule has 3 aromatic carbocycles. The number of carbonyl (C=O) groups is 1. The summed E-state index contributed by atoms with van der Waals surface area (Å²) < 4.78 is 3.41. The number of para-hydroxylation sites is 1. The second-order valence-corrected chi connectivity index (χ2v) is 8.64. The van der Waals surface area contributed by atoms with Gasteiger partial charge < -0.3 is 4.90 Å². The van der Waals surface area contributed by atoms with Crippen LogP contribution < -0.4 is 0 Å². The van der Waals surface area contributed by atoms with Gasteiger partial charge in [-0.25, -0.2) is 9.36 Å². The molecule has 0 aliphatic rings. The van der Waals surface area contributed by atoms with Crippen LogP contribution in [0.15, 0.2) is 85.3 Å². The Labute approximate surface area is 207 Å². The van der Waals surface area contributed by atoms with Crippen molar-refractivity contribution in [2.24, 2.45) is 0 Å². The molecule has 174 valence electrons. The van der Waals surface area contributed by atoms with Crippen LogP contribution in [0, 0.1) is 6.92 Å². The maximum absolute atomic E-state index is 13.3. The Balaban J connectivity index is 1.44. The molecule has 1 amide bonds. The zero-order valence-electron chi connectivity index (χ0n) is 19.2. The minimum absolute atomic E-state index is 0.0918. The van der Waals surface area contributed by atoms with Crippen LogP contribution in [-0.2, 0) is 6.54 Å². The molecule has 0 radical (unpaired) electrons. The van der Waals surface area contributed by atoms with E-state index < -0.39 is 0 Å². The SMILES string of the molecule is Cc1cc(C(=O)N(C)Cc2cn(-c3ccccc3)nc2-c2ccc(Cl)cc2)ccc1-n1cnnn1. The number of hydrogen-bond donors (Lipinski definition) is 0. The average Bonchev–Trinajstić information content (AvgIpc) is 3.55. The minimum Gasteiger partial charge on any atom is -0.337 e. The van der Waals surface area contributed by atoms with Gasteiger partial charge in [0, 0.05) is 41.5 Å². The molecular weight excluding hydrogens is 462 g/mol. The summed E-state index contributed by atoms with van der Waals surface area (Å²) in [5.41, 5.74) is 5.91. The highest BCUT2D eigenvalue weighted by atomic mass is 35.5. The Kier molecular flexibility index (Phi) is 6.12. The molecule has 0 fully saturated rings. The number of benzene rings is 3. The fraction of sp³-hybridized carbons (Fsp3) is 0.115. The Morgan fingerprint density at radius 3 is 2.46 bits per heavy atom.